The number of rotatable bonds is 8. The molecule has 0 heterocycles. The summed E-state index contributed by atoms with van der Waals surface area (Å²) in [5.41, 5.74) is 1.07. The maximum absolute atomic E-state index is 12.7. The fraction of sp³-hybridized carbons (Fsp3) is 0.611. The highest BCUT2D eigenvalue weighted by Crippen LogP contribution is 2.27. The summed E-state index contributed by atoms with van der Waals surface area (Å²) in [7, 11) is 0. The van der Waals surface area contributed by atoms with Crippen LogP contribution in [0.2, 0.25) is 0 Å². The molecule has 1 rings (SSSR count). The van der Waals surface area contributed by atoms with Crippen LogP contribution in [-0.2, 0) is 4.79 Å². The van der Waals surface area contributed by atoms with E-state index in [-0.39, 0.29) is 30.4 Å². The average Bonchev–Trinajstić information content (AvgIpc) is 2.47. The van der Waals surface area contributed by atoms with E-state index >= 15 is 0 Å². The van der Waals surface area contributed by atoms with Crippen LogP contribution < -0.4 is 5.32 Å². The average molecular weight is 291 g/mol. The first kappa shape index (κ1) is 17.7. The van der Waals surface area contributed by atoms with E-state index in [4.69, 9.17) is 5.11 Å². The van der Waals surface area contributed by atoms with Crippen molar-refractivity contribution in [2.45, 2.75) is 52.5 Å². The van der Waals surface area contributed by atoms with Crippen LogP contribution in [0.3, 0.4) is 0 Å². The molecule has 3 nitrogen and oxygen atoms in total. The number of hydrogen-bond acceptors (Lipinski definition) is 2. The minimum absolute atomic E-state index is 0.0257. The Kier molecular flexibility index (Phi) is 7.44. The molecule has 1 amide bonds. The van der Waals surface area contributed by atoms with Gasteiger partial charge >= 0.3 is 0 Å². The molecule has 21 heavy (non-hydrogen) atoms. The van der Waals surface area contributed by atoms with E-state index in [1.54, 1.807) is 0 Å². The zero-order valence-corrected chi connectivity index (χ0v) is 13.7. The van der Waals surface area contributed by atoms with Gasteiger partial charge in [0.25, 0.3) is 0 Å². The molecule has 2 N–H and O–H groups in total. The van der Waals surface area contributed by atoms with Crippen molar-refractivity contribution in [1.29, 1.82) is 0 Å². The van der Waals surface area contributed by atoms with Crippen molar-refractivity contribution in [3.8, 4) is 0 Å². The molecular formula is C18H29NO2. The van der Waals surface area contributed by atoms with Crippen molar-refractivity contribution >= 4 is 5.91 Å². The van der Waals surface area contributed by atoms with Crippen LogP contribution in [0.15, 0.2) is 30.3 Å². The van der Waals surface area contributed by atoms with Gasteiger partial charge in [-0.05, 0) is 23.8 Å². The van der Waals surface area contributed by atoms with Gasteiger partial charge in [-0.3, -0.25) is 4.79 Å². The second-order valence-corrected chi connectivity index (χ2v) is 6.15. The third kappa shape index (κ3) is 5.16. The zero-order chi connectivity index (χ0) is 15.8. The molecule has 3 unspecified atom stereocenters. The Bertz CT molecular complexity index is 416. The van der Waals surface area contributed by atoms with Crippen LogP contribution in [0.25, 0.3) is 0 Å². The lowest BCUT2D eigenvalue weighted by Gasteiger charge is -2.28. The van der Waals surface area contributed by atoms with Crippen molar-refractivity contribution in [3.05, 3.63) is 35.9 Å². The van der Waals surface area contributed by atoms with Crippen LogP contribution >= 0.6 is 0 Å². The molecule has 1 aromatic rings. The number of carbonyl (C=O) groups is 1. The first-order chi connectivity index (χ1) is 10.0. The number of aliphatic hydroxyl groups excluding tert-OH is 1. The highest BCUT2D eigenvalue weighted by molar-refractivity contribution is 5.84. The Balaban J connectivity index is 2.91. The van der Waals surface area contributed by atoms with Crippen LogP contribution in [0.1, 0.15) is 52.0 Å². The maximum atomic E-state index is 12.7. The van der Waals surface area contributed by atoms with Crippen molar-refractivity contribution in [3.63, 3.8) is 0 Å². The molecular weight excluding hydrogens is 262 g/mol. The molecule has 118 valence electrons. The lowest BCUT2D eigenvalue weighted by atomic mass is 9.84. The van der Waals surface area contributed by atoms with Crippen molar-refractivity contribution in [1.82, 2.24) is 5.32 Å². The van der Waals surface area contributed by atoms with Gasteiger partial charge in [0.2, 0.25) is 5.91 Å². The monoisotopic (exact) mass is 291 g/mol. The van der Waals surface area contributed by atoms with E-state index in [9.17, 15) is 4.79 Å². The number of benzene rings is 1. The normalized spacial score (nSPS) is 15.5. The molecule has 0 fully saturated rings. The minimum atomic E-state index is -0.129. The number of nitrogens with one attached hydrogen (secondary N) is 1. The van der Waals surface area contributed by atoms with Crippen molar-refractivity contribution < 1.29 is 9.90 Å². The van der Waals surface area contributed by atoms with Gasteiger partial charge in [0.1, 0.15) is 0 Å². The molecule has 0 aliphatic heterocycles. The first-order valence-electron chi connectivity index (χ1n) is 7.97. The molecule has 0 spiro atoms. The topological polar surface area (TPSA) is 49.3 Å². The summed E-state index contributed by atoms with van der Waals surface area (Å²) in [5, 5.41) is 12.3. The van der Waals surface area contributed by atoms with E-state index in [1.165, 1.54) is 0 Å². The number of carbonyl (C=O) groups excluding carboxylic acids is 1. The second-order valence-electron chi connectivity index (χ2n) is 6.15. The molecule has 0 saturated heterocycles. The highest BCUT2D eigenvalue weighted by Gasteiger charge is 2.28. The highest BCUT2D eigenvalue weighted by atomic mass is 16.3. The van der Waals surface area contributed by atoms with Crippen LogP contribution in [0.4, 0.5) is 0 Å². The lowest BCUT2D eigenvalue weighted by Crippen LogP contribution is -2.43. The standard InChI is InChI=1S/C18H29NO2/c1-5-14(4)17(15-9-7-6-8-10-15)18(21)19-16(11-12-20)13(2)3/h6-10,13-14,16-17,20H,5,11-12H2,1-4H3,(H,19,21). The summed E-state index contributed by atoms with van der Waals surface area (Å²) in [6.45, 7) is 8.47. The molecule has 0 aliphatic carbocycles. The Morgan fingerprint density at radius 2 is 1.81 bits per heavy atom. The summed E-state index contributed by atoms with van der Waals surface area (Å²) in [4.78, 5) is 12.7. The van der Waals surface area contributed by atoms with Gasteiger partial charge in [-0.25, -0.2) is 0 Å². The van der Waals surface area contributed by atoms with E-state index in [0.717, 1.165) is 12.0 Å². The molecule has 0 saturated carbocycles. The SMILES string of the molecule is CCC(C)C(C(=O)NC(CCO)C(C)C)c1ccccc1. The van der Waals surface area contributed by atoms with E-state index in [1.807, 2.05) is 30.3 Å². The smallest absolute Gasteiger partial charge is 0.228 e. The summed E-state index contributed by atoms with van der Waals surface area (Å²) in [6.07, 6.45) is 1.56. The summed E-state index contributed by atoms with van der Waals surface area (Å²) in [6, 6.07) is 9.99. The Morgan fingerprint density at radius 3 is 2.29 bits per heavy atom. The molecule has 0 aliphatic rings. The molecule has 0 bridgehead atoms. The van der Waals surface area contributed by atoms with Gasteiger partial charge in [0.15, 0.2) is 0 Å². The number of hydrogen-bond donors (Lipinski definition) is 2. The van der Waals surface area contributed by atoms with Gasteiger partial charge in [-0.15, -0.1) is 0 Å². The Labute approximate surface area is 128 Å². The van der Waals surface area contributed by atoms with Gasteiger partial charge < -0.3 is 10.4 Å². The summed E-state index contributed by atoms with van der Waals surface area (Å²) < 4.78 is 0. The van der Waals surface area contributed by atoms with Gasteiger partial charge in [-0.2, -0.15) is 0 Å². The lowest BCUT2D eigenvalue weighted by molar-refractivity contribution is -0.124. The van der Waals surface area contributed by atoms with Crippen LogP contribution in [-0.4, -0.2) is 23.7 Å². The van der Waals surface area contributed by atoms with Crippen molar-refractivity contribution in [2.24, 2.45) is 11.8 Å². The van der Waals surface area contributed by atoms with Gasteiger partial charge in [-0.1, -0.05) is 64.4 Å². The minimum Gasteiger partial charge on any atom is -0.396 e. The molecule has 3 heteroatoms. The summed E-state index contributed by atoms with van der Waals surface area (Å²) >= 11 is 0. The Hall–Kier alpha value is -1.35. The number of amides is 1. The van der Waals surface area contributed by atoms with E-state index in [2.05, 4.69) is 33.0 Å². The summed E-state index contributed by atoms with van der Waals surface area (Å²) in [5.74, 6) is 0.544. The fourth-order valence-corrected chi connectivity index (χ4v) is 2.62. The predicted molar refractivity (Wildman–Crippen MR) is 87.1 cm³/mol. The maximum Gasteiger partial charge on any atom is 0.228 e. The van der Waals surface area contributed by atoms with Crippen LogP contribution in [0.5, 0.6) is 0 Å². The molecule has 0 radical (unpaired) electrons. The third-order valence-electron chi connectivity index (χ3n) is 4.23. The van der Waals surface area contributed by atoms with E-state index in [0.29, 0.717) is 12.3 Å². The predicted octanol–water partition coefficient (Wildman–Crippen LogP) is 3.34. The van der Waals surface area contributed by atoms with Gasteiger partial charge in [0.05, 0.1) is 5.92 Å². The third-order valence-corrected chi connectivity index (χ3v) is 4.23. The van der Waals surface area contributed by atoms with Crippen molar-refractivity contribution in [2.75, 3.05) is 6.61 Å². The largest absolute Gasteiger partial charge is 0.396 e. The zero-order valence-electron chi connectivity index (χ0n) is 13.7. The van der Waals surface area contributed by atoms with E-state index < -0.39 is 0 Å². The van der Waals surface area contributed by atoms with Gasteiger partial charge in [0, 0.05) is 12.6 Å². The fourth-order valence-electron chi connectivity index (χ4n) is 2.62. The first-order valence-corrected chi connectivity index (χ1v) is 7.97. The molecule has 1 aromatic carbocycles. The molecule has 3 atom stereocenters. The second kappa shape index (κ2) is 8.83. The Morgan fingerprint density at radius 1 is 1.19 bits per heavy atom. The molecule has 0 aromatic heterocycles. The number of aliphatic hydroxyl groups is 1. The van der Waals surface area contributed by atoms with Crippen LogP contribution in [0, 0.1) is 11.8 Å². The quantitative estimate of drug-likeness (QED) is 0.772.